The number of nitrogens with one attached hydrogen (secondary N) is 4. The van der Waals surface area contributed by atoms with E-state index in [9.17, 15) is 4.79 Å². The van der Waals surface area contributed by atoms with Gasteiger partial charge in [-0.25, -0.2) is 10.1 Å². The number of hydrogen-bond donors (Lipinski definition) is 4. The summed E-state index contributed by atoms with van der Waals surface area (Å²) in [5.74, 6) is 2.99. The lowest BCUT2D eigenvalue weighted by molar-refractivity contribution is -0.117. The number of hydrogen-bond acceptors (Lipinski definition) is 8. The van der Waals surface area contributed by atoms with Crippen molar-refractivity contribution in [3.63, 3.8) is 0 Å². The molecule has 0 aromatic carbocycles. The topological polar surface area (TPSA) is 140 Å². The quantitative estimate of drug-likeness (QED) is 0.451. The highest BCUT2D eigenvalue weighted by molar-refractivity contribution is 5.95. The van der Waals surface area contributed by atoms with Crippen LogP contribution in [-0.4, -0.2) is 53.8 Å². The summed E-state index contributed by atoms with van der Waals surface area (Å²) in [6.45, 7) is 0.737. The number of anilines is 4. The first kappa shape index (κ1) is 20.1. The maximum Gasteiger partial charge on any atom is 0.249 e. The molecule has 1 amide bonds. The molecule has 3 aromatic rings. The molecule has 0 radical (unpaired) electrons. The van der Waals surface area contributed by atoms with Gasteiger partial charge in [0.25, 0.3) is 0 Å². The van der Waals surface area contributed by atoms with Crippen LogP contribution in [0.1, 0.15) is 67.8 Å². The zero-order chi connectivity index (χ0) is 22.2. The molecule has 0 bridgehead atoms. The summed E-state index contributed by atoms with van der Waals surface area (Å²) in [7, 11) is 0. The first-order valence-electron chi connectivity index (χ1n) is 11.9. The minimum atomic E-state index is -0.346. The van der Waals surface area contributed by atoms with Gasteiger partial charge in [-0.2, -0.15) is 20.2 Å². The van der Waals surface area contributed by atoms with Gasteiger partial charge >= 0.3 is 0 Å². The Bertz CT molecular complexity index is 1130. The molecular formula is C22H28N10O. The molecule has 6 rings (SSSR count). The van der Waals surface area contributed by atoms with Crippen LogP contribution in [0.4, 0.5) is 23.5 Å². The van der Waals surface area contributed by atoms with Gasteiger partial charge in [-0.15, -0.1) is 0 Å². The molecule has 11 heteroatoms. The zero-order valence-electron chi connectivity index (χ0n) is 18.5. The second kappa shape index (κ2) is 8.45. The highest BCUT2D eigenvalue weighted by Crippen LogP contribution is 2.35. The maximum atomic E-state index is 12.9. The molecule has 2 fully saturated rings. The lowest BCUT2D eigenvalue weighted by Crippen LogP contribution is -2.41. The third kappa shape index (κ3) is 3.91. The van der Waals surface area contributed by atoms with E-state index in [4.69, 9.17) is 9.97 Å². The number of H-pyrrole nitrogens is 2. The summed E-state index contributed by atoms with van der Waals surface area (Å²) in [4.78, 5) is 28.7. The van der Waals surface area contributed by atoms with Gasteiger partial charge in [0.15, 0.2) is 5.82 Å². The molecule has 0 unspecified atom stereocenters. The highest BCUT2D eigenvalue weighted by atomic mass is 16.2. The lowest BCUT2D eigenvalue weighted by atomic mass is 10.0. The molecule has 2 aliphatic carbocycles. The molecule has 1 saturated heterocycles. The summed E-state index contributed by atoms with van der Waals surface area (Å²) in [6.07, 6.45) is 11.0. The fraction of sp³-hybridized carbons (Fsp3) is 0.545. The fourth-order valence-electron chi connectivity index (χ4n) is 5.36. The van der Waals surface area contributed by atoms with Crippen LogP contribution in [0.25, 0.3) is 0 Å². The average Bonchev–Trinajstić information content (AvgIpc) is 3.64. The monoisotopic (exact) mass is 448 g/mol. The van der Waals surface area contributed by atoms with Crippen LogP contribution in [0.2, 0.25) is 0 Å². The summed E-state index contributed by atoms with van der Waals surface area (Å²) in [6, 6.07) is 1.77. The first-order valence-corrected chi connectivity index (χ1v) is 11.9. The fourth-order valence-corrected chi connectivity index (χ4v) is 5.36. The third-order valence-corrected chi connectivity index (χ3v) is 7.03. The van der Waals surface area contributed by atoms with Crippen molar-refractivity contribution in [1.29, 1.82) is 0 Å². The van der Waals surface area contributed by atoms with Crippen LogP contribution in [0, 0.1) is 0 Å². The van der Waals surface area contributed by atoms with Gasteiger partial charge in [-0.05, 0) is 44.9 Å². The van der Waals surface area contributed by atoms with Crippen molar-refractivity contribution in [3.05, 3.63) is 29.3 Å². The molecule has 11 nitrogen and oxygen atoms in total. The molecule has 3 aliphatic rings. The molecule has 172 valence electrons. The first-order chi connectivity index (χ1) is 16.2. The Labute approximate surface area is 191 Å². The Hall–Kier alpha value is -3.50. The minimum Gasteiger partial charge on any atom is -0.329 e. The highest BCUT2D eigenvalue weighted by Gasteiger charge is 2.34. The summed E-state index contributed by atoms with van der Waals surface area (Å²) in [5, 5.41) is 20.4. The Morgan fingerprint density at radius 1 is 1.06 bits per heavy atom. The van der Waals surface area contributed by atoms with Crippen LogP contribution in [-0.2, 0) is 17.6 Å². The third-order valence-electron chi connectivity index (χ3n) is 7.03. The van der Waals surface area contributed by atoms with Gasteiger partial charge in [0.05, 0.1) is 5.69 Å². The Balaban J connectivity index is 1.25. The van der Waals surface area contributed by atoms with Gasteiger partial charge in [0.2, 0.25) is 17.8 Å². The second-order valence-electron chi connectivity index (χ2n) is 9.14. The molecule has 1 saturated carbocycles. The number of carbonyl (C=O) groups excluding carboxylic acids is 1. The normalized spacial score (nSPS) is 20.4. The van der Waals surface area contributed by atoms with Crippen molar-refractivity contribution in [1.82, 2.24) is 35.3 Å². The second-order valence-corrected chi connectivity index (χ2v) is 9.14. The SMILES string of the molecule is O=C(Nc1ncn[nH]1)[C@H]1CCCN1c1nc2c(c(Nc3cc(C4CCCC4)[nH]n3)n1)CCC2. The van der Waals surface area contributed by atoms with Crippen molar-refractivity contribution >= 4 is 29.4 Å². The van der Waals surface area contributed by atoms with Gasteiger partial charge in [0.1, 0.15) is 18.2 Å². The van der Waals surface area contributed by atoms with Crippen molar-refractivity contribution in [3.8, 4) is 0 Å². The number of amides is 1. The number of aromatic amines is 2. The van der Waals surface area contributed by atoms with E-state index in [0.717, 1.165) is 61.5 Å². The number of nitrogens with zero attached hydrogens (tertiary/aromatic N) is 6. The number of aryl methyl sites for hydroxylation is 1. The molecular weight excluding hydrogens is 420 g/mol. The van der Waals surface area contributed by atoms with Crippen LogP contribution in [0.5, 0.6) is 0 Å². The van der Waals surface area contributed by atoms with Gasteiger partial charge in [0, 0.05) is 29.8 Å². The van der Waals surface area contributed by atoms with Crippen molar-refractivity contribution in [2.75, 3.05) is 22.1 Å². The van der Waals surface area contributed by atoms with E-state index in [1.807, 2.05) is 4.90 Å². The largest absolute Gasteiger partial charge is 0.329 e. The van der Waals surface area contributed by atoms with Gasteiger partial charge in [-0.1, -0.05) is 12.8 Å². The van der Waals surface area contributed by atoms with Crippen molar-refractivity contribution in [2.24, 2.45) is 0 Å². The van der Waals surface area contributed by atoms with E-state index in [1.54, 1.807) is 0 Å². The van der Waals surface area contributed by atoms with Crippen molar-refractivity contribution in [2.45, 2.75) is 69.7 Å². The molecule has 1 atom stereocenters. The Kier molecular flexibility index (Phi) is 5.16. The maximum absolute atomic E-state index is 12.9. The molecule has 33 heavy (non-hydrogen) atoms. The Morgan fingerprint density at radius 3 is 2.82 bits per heavy atom. The standard InChI is InChI=1S/C22H28N10O/c33-20(28-21-23-12-24-31-21)17-9-4-10-32(17)22-25-15-8-3-7-14(15)19(27-22)26-18-11-16(29-30-18)13-5-1-2-6-13/h11-13,17H,1-10H2,(H2,23,24,28,31,33)(H2,25,26,27,29,30)/t17-/m1/s1. The van der Waals surface area contributed by atoms with E-state index in [2.05, 4.69) is 42.1 Å². The van der Waals surface area contributed by atoms with Crippen molar-refractivity contribution < 1.29 is 4.79 Å². The van der Waals surface area contributed by atoms with Crippen LogP contribution in [0.3, 0.4) is 0 Å². The number of rotatable bonds is 6. The molecule has 3 aromatic heterocycles. The zero-order valence-corrected chi connectivity index (χ0v) is 18.5. The van der Waals surface area contributed by atoms with Crippen LogP contribution < -0.4 is 15.5 Å². The van der Waals surface area contributed by atoms with Gasteiger partial charge < -0.3 is 10.2 Å². The molecule has 1 aliphatic heterocycles. The van der Waals surface area contributed by atoms with E-state index in [1.165, 1.54) is 37.7 Å². The predicted octanol–water partition coefficient (Wildman–Crippen LogP) is 2.82. The smallest absolute Gasteiger partial charge is 0.249 e. The minimum absolute atomic E-state index is 0.128. The van der Waals surface area contributed by atoms with E-state index >= 15 is 0 Å². The van der Waals surface area contributed by atoms with E-state index < -0.39 is 0 Å². The molecule has 4 heterocycles. The predicted molar refractivity (Wildman–Crippen MR) is 123 cm³/mol. The summed E-state index contributed by atoms with van der Waals surface area (Å²) >= 11 is 0. The van der Waals surface area contributed by atoms with E-state index in [0.29, 0.717) is 17.8 Å². The lowest BCUT2D eigenvalue weighted by Gasteiger charge is -2.24. The Morgan fingerprint density at radius 2 is 1.97 bits per heavy atom. The van der Waals surface area contributed by atoms with Gasteiger partial charge in [-0.3, -0.25) is 15.2 Å². The summed E-state index contributed by atoms with van der Waals surface area (Å²) in [5.41, 5.74) is 3.42. The number of carbonyl (C=O) groups is 1. The number of fused-ring (bicyclic) bond motifs is 1. The van der Waals surface area contributed by atoms with E-state index in [-0.39, 0.29) is 11.9 Å². The molecule has 0 spiro atoms. The van der Waals surface area contributed by atoms with Crippen LogP contribution in [0.15, 0.2) is 12.4 Å². The number of aromatic nitrogens is 7. The van der Waals surface area contributed by atoms with Crippen LogP contribution >= 0.6 is 0 Å². The molecule has 4 N–H and O–H groups in total. The summed E-state index contributed by atoms with van der Waals surface area (Å²) < 4.78 is 0. The average molecular weight is 449 g/mol.